The molecule has 0 saturated heterocycles. The fourth-order valence-electron chi connectivity index (χ4n) is 2.56. The van der Waals surface area contributed by atoms with E-state index in [1.807, 2.05) is 74.5 Å². The fraction of sp³-hybridized carbons (Fsp3) is 0.250. The Bertz CT molecular complexity index is 730. The summed E-state index contributed by atoms with van der Waals surface area (Å²) in [5, 5.41) is 0. The van der Waals surface area contributed by atoms with Gasteiger partial charge in [-0.1, -0.05) is 68.5 Å². The molecule has 0 radical (unpaired) electrons. The van der Waals surface area contributed by atoms with Gasteiger partial charge in [-0.15, -0.1) is 0 Å². The third kappa shape index (κ3) is 3.62. The summed E-state index contributed by atoms with van der Waals surface area (Å²) in [6.45, 7) is 4.88. The van der Waals surface area contributed by atoms with Crippen LogP contribution in [-0.4, -0.2) is 12.6 Å². The van der Waals surface area contributed by atoms with Crippen molar-refractivity contribution in [2.75, 3.05) is 6.61 Å². The van der Waals surface area contributed by atoms with Gasteiger partial charge in [-0.3, -0.25) is 0 Å². The highest BCUT2D eigenvalue weighted by molar-refractivity contribution is 6.17. The van der Waals surface area contributed by atoms with E-state index < -0.39 is 0 Å². The molecule has 0 fully saturated rings. The number of hydrogen-bond acceptors (Lipinski definition) is 3. The molecule has 2 aromatic carbocycles. The predicted octanol–water partition coefficient (Wildman–Crippen LogP) is 4.23. The summed E-state index contributed by atoms with van der Waals surface area (Å²) in [7, 11) is 0. The van der Waals surface area contributed by atoms with E-state index in [9.17, 15) is 4.79 Å². The Labute approximate surface area is 136 Å². The zero-order chi connectivity index (χ0) is 16.3. The number of benzene rings is 2. The van der Waals surface area contributed by atoms with Gasteiger partial charge in [0, 0.05) is 11.0 Å². The first kappa shape index (κ1) is 15.3. The molecule has 1 aliphatic rings. The first-order valence-corrected chi connectivity index (χ1v) is 7.71. The summed E-state index contributed by atoms with van der Waals surface area (Å²) in [6.07, 6.45) is 1.95. The lowest BCUT2D eigenvalue weighted by Gasteiger charge is -2.18. The number of rotatable bonds is 3. The molecular weight excluding hydrogens is 288 g/mol. The number of para-hydroxylation sites is 1. The maximum Gasteiger partial charge on any atom is 0.338 e. The van der Waals surface area contributed by atoms with Crippen molar-refractivity contribution in [2.24, 2.45) is 5.41 Å². The number of esters is 1. The Hall–Kier alpha value is -2.55. The molecule has 3 rings (SSSR count). The molecular formula is C20H20O3. The molecule has 118 valence electrons. The number of hydrogen-bond donors (Lipinski definition) is 0. The predicted molar refractivity (Wildman–Crippen MR) is 89.9 cm³/mol. The molecule has 0 N–H and O–H groups in total. The van der Waals surface area contributed by atoms with E-state index in [2.05, 4.69) is 0 Å². The highest BCUT2D eigenvalue weighted by atomic mass is 16.5. The van der Waals surface area contributed by atoms with Crippen molar-refractivity contribution in [3.63, 3.8) is 0 Å². The molecule has 0 aliphatic carbocycles. The number of fused-ring (bicyclic) bond motifs is 1. The van der Waals surface area contributed by atoms with Crippen LogP contribution in [0.4, 0.5) is 0 Å². The molecule has 23 heavy (non-hydrogen) atoms. The fourth-order valence-corrected chi connectivity index (χ4v) is 2.56. The van der Waals surface area contributed by atoms with Crippen molar-refractivity contribution >= 4 is 11.5 Å². The Morgan fingerprint density at radius 3 is 2.57 bits per heavy atom. The summed E-state index contributed by atoms with van der Waals surface area (Å²) >= 11 is 0. The molecule has 0 atom stereocenters. The zero-order valence-corrected chi connectivity index (χ0v) is 13.4. The van der Waals surface area contributed by atoms with Gasteiger partial charge in [0.1, 0.15) is 12.4 Å². The molecule has 0 aromatic heterocycles. The van der Waals surface area contributed by atoms with Gasteiger partial charge >= 0.3 is 5.97 Å². The van der Waals surface area contributed by atoms with E-state index in [1.165, 1.54) is 0 Å². The van der Waals surface area contributed by atoms with Crippen LogP contribution in [0.15, 0.2) is 60.7 Å². The second-order valence-electron chi connectivity index (χ2n) is 6.39. The molecule has 0 amide bonds. The standard InChI is InChI=1S/C20H20O3/c1-20(2)12-17(16-10-6-7-11-18(16)23-14-20)19(21)22-13-15-8-4-3-5-9-15/h3-12H,13-14H2,1-2H3. The van der Waals surface area contributed by atoms with E-state index in [1.54, 1.807) is 0 Å². The minimum Gasteiger partial charge on any atom is -0.492 e. The maximum atomic E-state index is 12.6. The van der Waals surface area contributed by atoms with Gasteiger partial charge in [0.05, 0.1) is 12.2 Å². The average Bonchev–Trinajstić information content (AvgIpc) is 2.70. The second kappa shape index (κ2) is 6.29. The summed E-state index contributed by atoms with van der Waals surface area (Å²) in [5.41, 5.74) is 2.09. The Morgan fingerprint density at radius 1 is 1.09 bits per heavy atom. The monoisotopic (exact) mass is 308 g/mol. The highest BCUT2D eigenvalue weighted by Crippen LogP contribution is 2.35. The second-order valence-corrected chi connectivity index (χ2v) is 6.39. The smallest absolute Gasteiger partial charge is 0.338 e. The minimum absolute atomic E-state index is 0.236. The molecule has 2 aromatic rings. The minimum atomic E-state index is -0.320. The van der Waals surface area contributed by atoms with Gasteiger partial charge in [0.2, 0.25) is 0 Å². The van der Waals surface area contributed by atoms with Crippen LogP contribution >= 0.6 is 0 Å². The molecule has 1 heterocycles. The van der Waals surface area contributed by atoms with Crippen LogP contribution in [0.2, 0.25) is 0 Å². The van der Waals surface area contributed by atoms with Gasteiger partial charge in [-0.25, -0.2) is 4.79 Å². The Kier molecular flexibility index (Phi) is 4.20. The summed E-state index contributed by atoms with van der Waals surface area (Å²) in [4.78, 5) is 12.6. The quantitative estimate of drug-likeness (QED) is 0.796. The van der Waals surface area contributed by atoms with Crippen LogP contribution in [-0.2, 0) is 16.1 Å². The maximum absolute atomic E-state index is 12.6. The summed E-state index contributed by atoms with van der Waals surface area (Å²) in [6, 6.07) is 17.3. The first-order valence-electron chi connectivity index (χ1n) is 7.71. The van der Waals surface area contributed by atoms with Crippen molar-refractivity contribution < 1.29 is 14.3 Å². The van der Waals surface area contributed by atoms with Crippen molar-refractivity contribution in [3.05, 3.63) is 71.8 Å². The van der Waals surface area contributed by atoms with Crippen molar-refractivity contribution in [2.45, 2.75) is 20.5 Å². The normalized spacial score (nSPS) is 15.7. The summed E-state index contributed by atoms with van der Waals surface area (Å²) < 4.78 is 11.4. The third-order valence-electron chi connectivity index (χ3n) is 3.74. The molecule has 0 bridgehead atoms. The van der Waals surface area contributed by atoms with E-state index in [4.69, 9.17) is 9.47 Å². The lowest BCUT2D eigenvalue weighted by molar-refractivity contribution is -0.137. The van der Waals surface area contributed by atoms with Crippen LogP contribution in [0.5, 0.6) is 5.75 Å². The Balaban J connectivity index is 1.86. The molecule has 3 nitrogen and oxygen atoms in total. The first-order chi connectivity index (χ1) is 11.1. The molecule has 0 saturated carbocycles. The van der Waals surface area contributed by atoms with Crippen LogP contribution < -0.4 is 4.74 Å². The average molecular weight is 308 g/mol. The number of carbonyl (C=O) groups is 1. The van der Waals surface area contributed by atoms with E-state index in [-0.39, 0.29) is 18.0 Å². The van der Waals surface area contributed by atoms with Crippen molar-refractivity contribution in [3.8, 4) is 5.75 Å². The van der Waals surface area contributed by atoms with Crippen LogP contribution in [0.1, 0.15) is 25.0 Å². The molecule has 3 heteroatoms. The van der Waals surface area contributed by atoms with Gasteiger partial charge in [0.15, 0.2) is 0 Å². The van der Waals surface area contributed by atoms with Crippen LogP contribution in [0.3, 0.4) is 0 Å². The molecule has 0 unspecified atom stereocenters. The van der Waals surface area contributed by atoms with E-state index in [0.717, 1.165) is 16.9 Å². The molecule has 1 aliphatic heterocycles. The topological polar surface area (TPSA) is 35.5 Å². The van der Waals surface area contributed by atoms with Crippen LogP contribution in [0, 0.1) is 5.41 Å². The zero-order valence-electron chi connectivity index (χ0n) is 13.4. The van der Waals surface area contributed by atoms with Gasteiger partial charge in [-0.05, 0) is 11.6 Å². The van der Waals surface area contributed by atoms with Crippen molar-refractivity contribution in [1.82, 2.24) is 0 Å². The van der Waals surface area contributed by atoms with Crippen LogP contribution in [0.25, 0.3) is 5.57 Å². The lowest BCUT2D eigenvalue weighted by Crippen LogP contribution is -2.18. The van der Waals surface area contributed by atoms with E-state index in [0.29, 0.717) is 12.2 Å². The van der Waals surface area contributed by atoms with Gasteiger partial charge in [-0.2, -0.15) is 0 Å². The highest BCUT2D eigenvalue weighted by Gasteiger charge is 2.27. The molecule has 0 spiro atoms. The number of carbonyl (C=O) groups excluding carboxylic acids is 1. The van der Waals surface area contributed by atoms with Gasteiger partial charge in [0.25, 0.3) is 0 Å². The largest absolute Gasteiger partial charge is 0.492 e. The third-order valence-corrected chi connectivity index (χ3v) is 3.74. The van der Waals surface area contributed by atoms with Gasteiger partial charge < -0.3 is 9.47 Å². The van der Waals surface area contributed by atoms with E-state index >= 15 is 0 Å². The lowest BCUT2D eigenvalue weighted by atomic mass is 9.90. The number of ether oxygens (including phenoxy) is 2. The SMILES string of the molecule is CC1(C)C=C(C(=O)OCc2ccccc2)c2ccccc2OC1. The Morgan fingerprint density at radius 2 is 1.78 bits per heavy atom. The van der Waals surface area contributed by atoms with Crippen molar-refractivity contribution in [1.29, 1.82) is 0 Å². The summed E-state index contributed by atoms with van der Waals surface area (Å²) in [5.74, 6) is 0.404.